The number of amides is 1. The maximum absolute atomic E-state index is 12.1. The zero-order chi connectivity index (χ0) is 17.0. The zero-order valence-electron chi connectivity index (χ0n) is 13.7. The molecule has 0 atom stereocenters. The van der Waals surface area contributed by atoms with Crippen LogP contribution in [0.1, 0.15) is 34.0 Å². The van der Waals surface area contributed by atoms with E-state index in [1.807, 2.05) is 32.9 Å². The summed E-state index contributed by atoms with van der Waals surface area (Å²) in [5, 5.41) is 14.0. The van der Waals surface area contributed by atoms with Gasteiger partial charge in [0.1, 0.15) is 11.5 Å². The molecule has 2 rings (SSSR count). The molecule has 23 heavy (non-hydrogen) atoms. The Morgan fingerprint density at radius 2 is 1.83 bits per heavy atom. The van der Waals surface area contributed by atoms with Gasteiger partial charge in [0.2, 0.25) is 0 Å². The number of aryl methyl sites for hydroxylation is 2. The topological polar surface area (TPSA) is 70.9 Å². The van der Waals surface area contributed by atoms with Crippen LogP contribution in [0.3, 0.4) is 0 Å². The fourth-order valence-corrected chi connectivity index (χ4v) is 2.31. The van der Waals surface area contributed by atoms with Gasteiger partial charge in [-0.3, -0.25) is 4.79 Å². The number of phenols is 1. The van der Waals surface area contributed by atoms with Gasteiger partial charge in [-0.25, -0.2) is 5.43 Å². The molecule has 0 saturated heterocycles. The Morgan fingerprint density at radius 3 is 2.43 bits per heavy atom. The summed E-state index contributed by atoms with van der Waals surface area (Å²) in [7, 11) is 1.49. The molecule has 0 bridgehead atoms. The van der Waals surface area contributed by atoms with Gasteiger partial charge in [-0.15, -0.1) is 0 Å². The lowest BCUT2D eigenvalue weighted by Crippen LogP contribution is -2.19. The average molecular weight is 312 g/mol. The number of carbonyl (C=O) groups is 1. The molecule has 0 spiro atoms. The molecule has 2 N–H and O–H groups in total. The summed E-state index contributed by atoms with van der Waals surface area (Å²) in [6.45, 7) is 5.85. The van der Waals surface area contributed by atoms with E-state index in [0.717, 1.165) is 11.1 Å². The second-order valence-electron chi connectivity index (χ2n) is 5.34. The van der Waals surface area contributed by atoms with Gasteiger partial charge in [0.15, 0.2) is 0 Å². The van der Waals surface area contributed by atoms with Crippen molar-refractivity contribution in [3.63, 3.8) is 0 Å². The first-order chi connectivity index (χ1) is 10.9. The molecule has 0 radical (unpaired) electrons. The highest BCUT2D eigenvalue weighted by Crippen LogP contribution is 2.23. The highest BCUT2D eigenvalue weighted by Gasteiger charge is 2.12. The maximum atomic E-state index is 12.1. The number of hydrogen-bond acceptors (Lipinski definition) is 4. The van der Waals surface area contributed by atoms with Gasteiger partial charge in [0, 0.05) is 11.6 Å². The molecule has 0 aromatic heterocycles. The van der Waals surface area contributed by atoms with Crippen LogP contribution in [0.15, 0.2) is 41.5 Å². The molecular weight excluding hydrogens is 292 g/mol. The van der Waals surface area contributed by atoms with E-state index in [-0.39, 0.29) is 11.3 Å². The molecule has 0 aliphatic rings. The van der Waals surface area contributed by atoms with Crippen LogP contribution in [0.5, 0.6) is 11.5 Å². The fourth-order valence-electron chi connectivity index (χ4n) is 2.31. The monoisotopic (exact) mass is 312 g/mol. The van der Waals surface area contributed by atoms with E-state index in [2.05, 4.69) is 16.6 Å². The highest BCUT2D eigenvalue weighted by atomic mass is 16.5. The van der Waals surface area contributed by atoms with Crippen molar-refractivity contribution in [3.8, 4) is 11.5 Å². The zero-order valence-corrected chi connectivity index (χ0v) is 13.7. The molecule has 1 amide bonds. The van der Waals surface area contributed by atoms with Crippen molar-refractivity contribution in [2.75, 3.05) is 7.11 Å². The van der Waals surface area contributed by atoms with Crippen molar-refractivity contribution in [2.45, 2.75) is 20.8 Å². The second-order valence-corrected chi connectivity index (χ2v) is 5.34. The normalized spacial score (nSPS) is 11.2. The summed E-state index contributed by atoms with van der Waals surface area (Å²) in [5.74, 6) is -0.149. The Kier molecular flexibility index (Phi) is 5.01. The second kappa shape index (κ2) is 6.96. The number of nitrogens with zero attached hydrogens (tertiary/aromatic N) is 1. The number of nitrogens with one attached hydrogen (secondary N) is 1. The lowest BCUT2D eigenvalue weighted by molar-refractivity contribution is 0.0952. The van der Waals surface area contributed by atoms with Crippen LogP contribution in [0.25, 0.3) is 0 Å². The van der Waals surface area contributed by atoms with Gasteiger partial charge in [0.25, 0.3) is 5.91 Å². The summed E-state index contributed by atoms with van der Waals surface area (Å²) in [4.78, 5) is 12.1. The third-order valence-electron chi connectivity index (χ3n) is 3.55. The van der Waals surface area contributed by atoms with E-state index in [9.17, 15) is 9.90 Å². The van der Waals surface area contributed by atoms with Crippen molar-refractivity contribution in [1.82, 2.24) is 5.43 Å². The van der Waals surface area contributed by atoms with Gasteiger partial charge in [-0.1, -0.05) is 23.8 Å². The van der Waals surface area contributed by atoms with Crippen molar-refractivity contribution >= 4 is 11.6 Å². The van der Waals surface area contributed by atoms with Crippen LogP contribution in [0.2, 0.25) is 0 Å². The molecular formula is C18H20N2O3. The van der Waals surface area contributed by atoms with E-state index < -0.39 is 5.91 Å². The minimum absolute atomic E-state index is 0.142. The summed E-state index contributed by atoms with van der Waals surface area (Å²) < 4.78 is 4.99. The molecule has 120 valence electrons. The lowest BCUT2D eigenvalue weighted by Gasteiger charge is -2.08. The number of benzene rings is 2. The van der Waals surface area contributed by atoms with Crippen LogP contribution in [0.4, 0.5) is 0 Å². The van der Waals surface area contributed by atoms with E-state index in [4.69, 9.17) is 4.74 Å². The predicted molar refractivity (Wildman–Crippen MR) is 90.3 cm³/mol. The van der Waals surface area contributed by atoms with Crippen molar-refractivity contribution in [2.24, 2.45) is 5.10 Å². The number of rotatable bonds is 4. The molecule has 0 heterocycles. The number of ether oxygens (including phenoxy) is 1. The van der Waals surface area contributed by atoms with Crippen LogP contribution >= 0.6 is 0 Å². The molecule has 0 aliphatic carbocycles. The largest absolute Gasteiger partial charge is 0.507 e. The summed E-state index contributed by atoms with van der Waals surface area (Å²) in [6, 6.07) is 10.5. The first-order valence-corrected chi connectivity index (χ1v) is 7.21. The Balaban J connectivity index is 2.17. The summed E-state index contributed by atoms with van der Waals surface area (Å²) in [6.07, 6.45) is 0. The molecule has 0 unspecified atom stereocenters. The van der Waals surface area contributed by atoms with Gasteiger partial charge in [0.05, 0.1) is 18.4 Å². The first kappa shape index (κ1) is 16.5. The number of carbonyl (C=O) groups excluding carboxylic acids is 1. The number of methoxy groups -OCH3 is 1. The molecule has 2 aromatic carbocycles. The lowest BCUT2D eigenvalue weighted by atomic mass is 10.0. The van der Waals surface area contributed by atoms with Crippen LogP contribution in [0, 0.1) is 13.8 Å². The van der Waals surface area contributed by atoms with Gasteiger partial charge in [-0.2, -0.15) is 5.10 Å². The van der Waals surface area contributed by atoms with Gasteiger partial charge >= 0.3 is 0 Å². The number of aromatic hydroxyl groups is 1. The minimum atomic E-state index is -0.478. The first-order valence-electron chi connectivity index (χ1n) is 7.21. The van der Waals surface area contributed by atoms with E-state index in [1.54, 1.807) is 6.07 Å². The minimum Gasteiger partial charge on any atom is -0.507 e. The smallest absolute Gasteiger partial charge is 0.275 e. The standard InChI is InChI=1S/C18H20N2O3/c1-11-5-7-15(12(2)9-11)13(3)19-20-18(22)16-8-6-14(23-4)10-17(16)21/h5-10,21H,1-4H3,(H,20,22)/b19-13-. The molecule has 5 nitrogen and oxygen atoms in total. The quantitative estimate of drug-likeness (QED) is 0.673. The summed E-state index contributed by atoms with van der Waals surface area (Å²) >= 11 is 0. The van der Waals surface area contributed by atoms with Crippen molar-refractivity contribution < 1.29 is 14.6 Å². The van der Waals surface area contributed by atoms with E-state index in [1.165, 1.54) is 24.8 Å². The average Bonchev–Trinajstić information content (AvgIpc) is 2.52. The third kappa shape index (κ3) is 3.88. The molecule has 0 aliphatic heterocycles. The van der Waals surface area contributed by atoms with Crippen LogP contribution < -0.4 is 10.2 Å². The summed E-state index contributed by atoms with van der Waals surface area (Å²) in [5.41, 5.74) is 6.54. The van der Waals surface area contributed by atoms with Crippen LogP contribution in [-0.4, -0.2) is 23.8 Å². The molecule has 5 heteroatoms. The number of phenolic OH excluding ortho intramolecular Hbond substituents is 1. The van der Waals surface area contributed by atoms with E-state index >= 15 is 0 Å². The van der Waals surface area contributed by atoms with Gasteiger partial charge < -0.3 is 9.84 Å². The van der Waals surface area contributed by atoms with Crippen LogP contribution in [-0.2, 0) is 0 Å². The SMILES string of the molecule is COc1ccc(C(=O)N/N=C(/C)c2ccc(C)cc2C)c(O)c1. The fraction of sp³-hybridized carbons (Fsp3) is 0.222. The predicted octanol–water partition coefficient (Wildman–Crippen LogP) is 3.17. The highest BCUT2D eigenvalue weighted by molar-refractivity contribution is 6.02. The van der Waals surface area contributed by atoms with Gasteiger partial charge in [-0.05, 0) is 38.5 Å². The Labute approximate surface area is 135 Å². The third-order valence-corrected chi connectivity index (χ3v) is 3.55. The molecule has 2 aromatic rings. The van der Waals surface area contributed by atoms with Crippen molar-refractivity contribution in [1.29, 1.82) is 0 Å². The molecule has 0 saturated carbocycles. The maximum Gasteiger partial charge on any atom is 0.275 e. The number of hydrazone groups is 1. The Morgan fingerprint density at radius 1 is 1.13 bits per heavy atom. The number of hydrogen-bond donors (Lipinski definition) is 2. The van der Waals surface area contributed by atoms with Crippen molar-refractivity contribution in [3.05, 3.63) is 58.7 Å². The Hall–Kier alpha value is -2.82. The van der Waals surface area contributed by atoms with E-state index in [0.29, 0.717) is 11.5 Å². The Bertz CT molecular complexity index is 767. The molecule has 0 fully saturated rings.